The van der Waals surface area contributed by atoms with E-state index in [0.29, 0.717) is 0 Å². The van der Waals surface area contributed by atoms with Gasteiger partial charge < -0.3 is 14.0 Å². The maximum atomic E-state index is 2.45. The third kappa shape index (κ3) is 4.31. The minimum absolute atomic E-state index is 1.11. The number of para-hydroxylation sites is 4. The minimum atomic E-state index is 1.11. The molecule has 0 atom stereocenters. The van der Waals surface area contributed by atoms with Crippen LogP contribution in [-0.2, 0) is 0 Å². The molecule has 8 aromatic carbocycles. The number of aromatic nitrogens is 2. The van der Waals surface area contributed by atoms with E-state index in [1.807, 2.05) is 11.3 Å². The number of rotatable bonds is 5. The van der Waals surface area contributed by atoms with E-state index < -0.39 is 0 Å². The Labute approximate surface area is 304 Å². The van der Waals surface area contributed by atoms with Gasteiger partial charge in [-0.2, -0.15) is 0 Å². The Kier molecular flexibility index (Phi) is 6.42. The summed E-state index contributed by atoms with van der Waals surface area (Å²) < 4.78 is 7.37. The minimum Gasteiger partial charge on any atom is -0.310 e. The predicted molar refractivity (Wildman–Crippen MR) is 223 cm³/mol. The Bertz CT molecular complexity index is 3080. The largest absolute Gasteiger partial charge is 0.310 e. The summed E-state index contributed by atoms with van der Waals surface area (Å²) in [5.41, 5.74) is 10.5. The van der Waals surface area contributed by atoms with Crippen molar-refractivity contribution in [2.24, 2.45) is 0 Å². The molecular formula is C48H31N3S. The number of hydrogen-bond acceptors (Lipinski definition) is 2. The second-order valence-electron chi connectivity index (χ2n) is 13.4. The lowest BCUT2D eigenvalue weighted by Gasteiger charge is -2.27. The summed E-state index contributed by atoms with van der Waals surface area (Å²) in [6.45, 7) is 0. The van der Waals surface area contributed by atoms with Crippen molar-refractivity contribution >= 4 is 92.2 Å². The van der Waals surface area contributed by atoms with E-state index in [1.165, 1.54) is 63.8 Å². The van der Waals surface area contributed by atoms with E-state index in [1.54, 1.807) is 0 Å². The highest BCUT2D eigenvalue weighted by Crippen LogP contribution is 2.46. The fraction of sp³-hybridized carbons (Fsp3) is 0. The van der Waals surface area contributed by atoms with Gasteiger partial charge in [-0.25, -0.2) is 0 Å². The average Bonchev–Trinajstić information content (AvgIpc) is 3.86. The first-order valence-electron chi connectivity index (χ1n) is 17.7. The van der Waals surface area contributed by atoms with Crippen LogP contribution in [0.15, 0.2) is 188 Å². The molecule has 244 valence electrons. The molecule has 3 heterocycles. The van der Waals surface area contributed by atoms with Gasteiger partial charge in [-0.15, -0.1) is 11.3 Å². The Morgan fingerprint density at radius 3 is 1.60 bits per heavy atom. The molecule has 0 bridgehead atoms. The smallest absolute Gasteiger partial charge is 0.0562 e. The quantitative estimate of drug-likeness (QED) is 0.176. The van der Waals surface area contributed by atoms with Gasteiger partial charge in [0.1, 0.15) is 0 Å². The summed E-state index contributed by atoms with van der Waals surface area (Å²) >= 11 is 1.86. The van der Waals surface area contributed by atoms with Crippen LogP contribution in [0.25, 0.3) is 75.2 Å². The third-order valence-electron chi connectivity index (χ3n) is 10.5. The maximum Gasteiger partial charge on any atom is 0.0562 e. The Balaban J connectivity index is 1.16. The van der Waals surface area contributed by atoms with Gasteiger partial charge in [0.25, 0.3) is 0 Å². The molecular weight excluding hydrogens is 651 g/mol. The topological polar surface area (TPSA) is 13.1 Å². The predicted octanol–water partition coefficient (Wildman–Crippen LogP) is 13.7. The van der Waals surface area contributed by atoms with Crippen molar-refractivity contribution in [1.82, 2.24) is 9.13 Å². The van der Waals surface area contributed by atoms with Crippen molar-refractivity contribution in [2.45, 2.75) is 0 Å². The summed E-state index contributed by atoms with van der Waals surface area (Å²) in [6, 6.07) is 68.4. The Morgan fingerprint density at radius 2 is 0.865 bits per heavy atom. The number of nitrogens with zero attached hydrogens (tertiary/aromatic N) is 3. The van der Waals surface area contributed by atoms with Crippen LogP contribution in [0.2, 0.25) is 0 Å². The highest BCUT2D eigenvalue weighted by atomic mass is 32.1. The number of benzene rings is 8. The molecule has 11 rings (SSSR count). The average molecular weight is 682 g/mol. The van der Waals surface area contributed by atoms with Gasteiger partial charge >= 0.3 is 0 Å². The molecule has 0 radical (unpaired) electrons. The van der Waals surface area contributed by atoms with Crippen molar-refractivity contribution in [3.05, 3.63) is 188 Å². The molecule has 0 amide bonds. The van der Waals surface area contributed by atoms with Crippen LogP contribution >= 0.6 is 11.3 Å². The van der Waals surface area contributed by atoms with Crippen LogP contribution in [-0.4, -0.2) is 9.13 Å². The van der Waals surface area contributed by atoms with Crippen LogP contribution < -0.4 is 4.90 Å². The molecule has 11 aromatic rings. The van der Waals surface area contributed by atoms with Crippen LogP contribution in [0.3, 0.4) is 0 Å². The zero-order valence-corrected chi connectivity index (χ0v) is 29.0. The summed E-state index contributed by atoms with van der Waals surface area (Å²) in [5, 5.41) is 7.59. The molecule has 3 nitrogen and oxygen atoms in total. The fourth-order valence-corrected chi connectivity index (χ4v) is 9.41. The van der Waals surface area contributed by atoms with Crippen molar-refractivity contribution in [3.63, 3.8) is 0 Å². The molecule has 0 fully saturated rings. The Hall–Kier alpha value is -6.62. The monoisotopic (exact) mass is 681 g/mol. The fourth-order valence-electron chi connectivity index (χ4n) is 8.27. The zero-order chi connectivity index (χ0) is 34.2. The van der Waals surface area contributed by atoms with Gasteiger partial charge in [0.2, 0.25) is 0 Å². The van der Waals surface area contributed by atoms with Crippen molar-refractivity contribution < 1.29 is 0 Å². The van der Waals surface area contributed by atoms with E-state index in [-0.39, 0.29) is 0 Å². The van der Waals surface area contributed by atoms with E-state index in [4.69, 9.17) is 0 Å². The molecule has 0 saturated carbocycles. The van der Waals surface area contributed by atoms with Gasteiger partial charge in [-0.05, 0) is 84.9 Å². The van der Waals surface area contributed by atoms with Crippen molar-refractivity contribution in [2.75, 3.05) is 4.90 Å². The lowest BCUT2D eigenvalue weighted by molar-refractivity contribution is 1.17. The van der Waals surface area contributed by atoms with E-state index >= 15 is 0 Å². The number of hydrogen-bond donors (Lipinski definition) is 0. The van der Waals surface area contributed by atoms with Crippen LogP contribution in [0.5, 0.6) is 0 Å². The van der Waals surface area contributed by atoms with Crippen LogP contribution in [0, 0.1) is 0 Å². The standard InChI is InChI=1S/C48H31N3S/c1-2-13-32(14-3-1)51-43-21-10-6-18-40(43)48-44(22-12-23-45(48)51)49(35-29-30-39-38-17-7-11-24-46(38)52-47(39)31-35)33-25-27-34(28-26-33)50-41-19-8-4-15-36(41)37-16-5-9-20-42(37)50/h1-31H. The first-order chi connectivity index (χ1) is 25.8. The lowest BCUT2D eigenvalue weighted by Crippen LogP contribution is -2.10. The summed E-state index contributed by atoms with van der Waals surface area (Å²) in [6.07, 6.45) is 0. The van der Waals surface area contributed by atoms with Gasteiger partial charge in [0.15, 0.2) is 0 Å². The van der Waals surface area contributed by atoms with Gasteiger partial charge in [-0.3, -0.25) is 0 Å². The molecule has 0 aliphatic rings. The molecule has 0 N–H and O–H groups in total. The van der Waals surface area contributed by atoms with Crippen molar-refractivity contribution in [3.8, 4) is 11.4 Å². The number of fused-ring (bicyclic) bond motifs is 9. The second kappa shape index (κ2) is 11.5. The van der Waals surface area contributed by atoms with Crippen molar-refractivity contribution in [1.29, 1.82) is 0 Å². The maximum absolute atomic E-state index is 2.45. The zero-order valence-electron chi connectivity index (χ0n) is 28.1. The second-order valence-corrected chi connectivity index (χ2v) is 14.4. The van der Waals surface area contributed by atoms with E-state index in [9.17, 15) is 0 Å². The summed E-state index contributed by atoms with van der Waals surface area (Å²) in [4.78, 5) is 2.45. The van der Waals surface area contributed by atoms with Crippen LogP contribution in [0.1, 0.15) is 0 Å². The highest BCUT2D eigenvalue weighted by molar-refractivity contribution is 7.25. The first kappa shape index (κ1) is 29.1. The molecule has 3 aromatic heterocycles. The van der Waals surface area contributed by atoms with E-state index in [0.717, 1.165) is 28.4 Å². The van der Waals surface area contributed by atoms with Gasteiger partial charge in [0, 0.05) is 64.5 Å². The first-order valence-corrected chi connectivity index (χ1v) is 18.5. The molecule has 4 heteroatoms. The summed E-state index contributed by atoms with van der Waals surface area (Å²) in [7, 11) is 0. The molecule has 0 spiro atoms. The summed E-state index contributed by atoms with van der Waals surface area (Å²) in [5.74, 6) is 0. The highest BCUT2D eigenvalue weighted by Gasteiger charge is 2.22. The molecule has 0 saturated heterocycles. The molecule has 52 heavy (non-hydrogen) atoms. The lowest BCUT2D eigenvalue weighted by atomic mass is 10.1. The Morgan fingerprint density at radius 1 is 0.346 bits per heavy atom. The molecule has 0 aliphatic carbocycles. The van der Waals surface area contributed by atoms with Gasteiger partial charge in [0.05, 0.1) is 27.8 Å². The number of anilines is 3. The van der Waals surface area contributed by atoms with Crippen LogP contribution in [0.4, 0.5) is 17.1 Å². The molecule has 0 aliphatic heterocycles. The van der Waals surface area contributed by atoms with E-state index in [2.05, 4.69) is 202 Å². The normalized spacial score (nSPS) is 11.8. The molecule has 0 unspecified atom stereocenters. The SMILES string of the molecule is c1ccc(-n2c3ccccc3c3c(N(c4ccc(-n5c6ccccc6c6ccccc65)cc4)c4ccc5c(c4)sc4ccccc45)cccc32)cc1. The number of thiophene rings is 1. The third-order valence-corrected chi connectivity index (χ3v) is 11.6. The van der Waals surface area contributed by atoms with Gasteiger partial charge in [-0.1, -0.05) is 103 Å².